The Bertz CT molecular complexity index is 1190. The number of halogens is 1. The lowest BCUT2D eigenvalue weighted by molar-refractivity contribution is -0.0375. The van der Waals surface area contributed by atoms with Crippen LogP contribution in [0.1, 0.15) is 31.2 Å². The second-order valence-electron chi connectivity index (χ2n) is 7.30. The lowest BCUT2D eigenvalue weighted by atomic mass is 10.1. The molecule has 3 N–H and O–H groups in total. The first kappa shape index (κ1) is 17.8. The summed E-state index contributed by atoms with van der Waals surface area (Å²) in [6.07, 6.45) is 2.68. The van der Waals surface area contributed by atoms with Gasteiger partial charge in [0.05, 0.1) is 28.0 Å². The average Bonchev–Trinajstić information content (AvgIpc) is 3.29. The third-order valence-corrected chi connectivity index (χ3v) is 5.23. The monoisotopic (exact) mass is 392 g/mol. The van der Waals surface area contributed by atoms with Gasteiger partial charge in [0.25, 0.3) is 0 Å². The summed E-state index contributed by atoms with van der Waals surface area (Å²) in [5, 5.41) is 4.54. The summed E-state index contributed by atoms with van der Waals surface area (Å²) >= 11 is 0. The maximum atomic E-state index is 14.7. The Kier molecular flexibility index (Phi) is 4.28. The smallest absolute Gasteiger partial charge is 0.240 e. The third-order valence-electron chi connectivity index (χ3n) is 5.23. The average molecular weight is 392 g/mol. The number of nitrogens with one attached hydrogen (secondary N) is 1. The first-order chi connectivity index (χ1) is 14.1. The van der Waals surface area contributed by atoms with E-state index < -0.39 is 5.95 Å². The fourth-order valence-electron chi connectivity index (χ4n) is 3.85. The van der Waals surface area contributed by atoms with Crippen LogP contribution in [-0.2, 0) is 4.74 Å². The molecule has 29 heavy (non-hydrogen) atoms. The zero-order valence-corrected chi connectivity index (χ0v) is 16.0. The van der Waals surface area contributed by atoms with Crippen molar-refractivity contribution in [3.05, 3.63) is 48.0 Å². The van der Waals surface area contributed by atoms with Gasteiger partial charge in [0, 0.05) is 17.9 Å². The summed E-state index contributed by atoms with van der Waals surface area (Å²) in [5.74, 6) is -0.236. The Morgan fingerprint density at radius 3 is 2.90 bits per heavy atom. The number of H-pyrrole nitrogens is 1. The Labute approximate surface area is 166 Å². The number of nitrogens with two attached hydrogens (primary N) is 1. The quantitative estimate of drug-likeness (QED) is 0.544. The van der Waals surface area contributed by atoms with Gasteiger partial charge in [-0.3, -0.25) is 4.98 Å². The highest BCUT2D eigenvalue weighted by Gasteiger charge is 2.22. The summed E-state index contributed by atoms with van der Waals surface area (Å²) in [6, 6.07) is 11.3. The zero-order chi connectivity index (χ0) is 20.0. The predicted molar refractivity (Wildman–Crippen MR) is 108 cm³/mol. The Hall–Kier alpha value is -3.26. The lowest BCUT2D eigenvalue weighted by Crippen LogP contribution is -2.19. The van der Waals surface area contributed by atoms with Crippen LogP contribution in [0.4, 0.5) is 10.3 Å². The van der Waals surface area contributed by atoms with Crippen LogP contribution in [-0.4, -0.2) is 31.3 Å². The van der Waals surface area contributed by atoms with Gasteiger partial charge in [-0.25, -0.2) is 9.67 Å². The molecule has 1 unspecified atom stereocenters. The number of aryl methyl sites for hydroxylation is 1. The molecular weight excluding hydrogens is 371 g/mol. The highest BCUT2D eigenvalue weighted by molar-refractivity contribution is 5.88. The van der Waals surface area contributed by atoms with Crippen LogP contribution in [0.25, 0.3) is 33.5 Å². The standard InChI is InChI=1S/C21H21FN6O/c1-12-5-4-6-15(24-12)19-18(25-21(23)26-19)13-8-9-16-14(11-13)20(22)27-28(16)17-7-2-3-10-29-17/h4-6,8-9,11,17H,2-3,7,10H2,1H3,(H3,23,25,26). The van der Waals surface area contributed by atoms with Gasteiger partial charge >= 0.3 is 0 Å². The van der Waals surface area contributed by atoms with Crippen LogP contribution < -0.4 is 5.73 Å². The molecule has 4 aromatic rings. The van der Waals surface area contributed by atoms with Crippen LogP contribution in [0, 0.1) is 12.9 Å². The van der Waals surface area contributed by atoms with Crippen molar-refractivity contribution in [2.45, 2.75) is 32.4 Å². The number of ether oxygens (including phenoxy) is 1. The molecule has 4 heterocycles. The number of fused-ring (bicyclic) bond motifs is 1. The van der Waals surface area contributed by atoms with E-state index in [4.69, 9.17) is 10.5 Å². The zero-order valence-electron chi connectivity index (χ0n) is 16.0. The van der Waals surface area contributed by atoms with Gasteiger partial charge in [-0.15, -0.1) is 5.10 Å². The Balaban J connectivity index is 1.61. The van der Waals surface area contributed by atoms with Gasteiger partial charge in [-0.05, 0) is 50.5 Å². The summed E-state index contributed by atoms with van der Waals surface area (Å²) in [4.78, 5) is 12.1. The Morgan fingerprint density at radius 1 is 1.21 bits per heavy atom. The molecule has 1 fully saturated rings. The lowest BCUT2D eigenvalue weighted by Gasteiger charge is -2.23. The normalized spacial score (nSPS) is 17.1. The number of rotatable bonds is 3. The number of nitrogens with zero attached hydrogens (tertiary/aromatic N) is 4. The number of hydrogen-bond donors (Lipinski definition) is 2. The highest BCUT2D eigenvalue weighted by atomic mass is 19.1. The van der Waals surface area contributed by atoms with E-state index in [1.807, 2.05) is 37.3 Å². The van der Waals surface area contributed by atoms with Crippen LogP contribution in [0.5, 0.6) is 0 Å². The highest BCUT2D eigenvalue weighted by Crippen LogP contribution is 2.34. The van der Waals surface area contributed by atoms with Crippen molar-refractivity contribution in [1.82, 2.24) is 24.7 Å². The van der Waals surface area contributed by atoms with E-state index in [2.05, 4.69) is 20.1 Å². The van der Waals surface area contributed by atoms with E-state index in [1.54, 1.807) is 10.7 Å². The van der Waals surface area contributed by atoms with Crippen LogP contribution in [0.15, 0.2) is 36.4 Å². The largest absolute Gasteiger partial charge is 0.369 e. The molecular formula is C21H21FN6O. The van der Waals surface area contributed by atoms with E-state index in [0.717, 1.165) is 36.2 Å². The summed E-state index contributed by atoms with van der Waals surface area (Å²) in [6.45, 7) is 2.59. The Morgan fingerprint density at radius 2 is 2.10 bits per heavy atom. The van der Waals surface area contributed by atoms with Gasteiger partial charge in [0.2, 0.25) is 5.95 Å². The van der Waals surface area contributed by atoms with Gasteiger partial charge < -0.3 is 15.5 Å². The fraction of sp³-hybridized carbons (Fsp3) is 0.286. The van der Waals surface area contributed by atoms with Crippen molar-refractivity contribution in [1.29, 1.82) is 0 Å². The van der Waals surface area contributed by atoms with Gasteiger partial charge in [0.15, 0.2) is 12.2 Å². The first-order valence-electron chi connectivity index (χ1n) is 9.69. The molecule has 0 spiro atoms. The number of benzene rings is 1. The summed E-state index contributed by atoms with van der Waals surface area (Å²) in [7, 11) is 0. The van der Waals surface area contributed by atoms with Crippen molar-refractivity contribution >= 4 is 16.9 Å². The van der Waals surface area contributed by atoms with Crippen molar-refractivity contribution in [2.24, 2.45) is 0 Å². The maximum absolute atomic E-state index is 14.7. The molecule has 1 aromatic carbocycles. The predicted octanol–water partition coefficient (Wildman–Crippen LogP) is 4.22. The number of aromatic amines is 1. The molecule has 1 atom stereocenters. The molecule has 1 aliphatic heterocycles. The second-order valence-corrected chi connectivity index (χ2v) is 7.30. The van der Waals surface area contributed by atoms with Gasteiger partial charge in [-0.2, -0.15) is 4.39 Å². The minimum absolute atomic E-state index is 0.227. The minimum atomic E-state index is -0.519. The molecule has 1 saturated heterocycles. The van der Waals surface area contributed by atoms with Crippen molar-refractivity contribution in [3.63, 3.8) is 0 Å². The van der Waals surface area contributed by atoms with Crippen molar-refractivity contribution in [2.75, 3.05) is 12.3 Å². The third kappa shape index (κ3) is 3.15. The van der Waals surface area contributed by atoms with E-state index in [1.165, 1.54) is 0 Å². The number of anilines is 1. The molecule has 0 bridgehead atoms. The molecule has 0 amide bonds. The number of hydrogen-bond acceptors (Lipinski definition) is 5. The molecule has 5 rings (SSSR count). The molecule has 1 aliphatic rings. The fourth-order valence-corrected chi connectivity index (χ4v) is 3.85. The van der Waals surface area contributed by atoms with Gasteiger partial charge in [-0.1, -0.05) is 12.1 Å². The molecule has 0 saturated carbocycles. The maximum Gasteiger partial charge on any atom is 0.240 e. The van der Waals surface area contributed by atoms with E-state index in [-0.39, 0.29) is 12.2 Å². The van der Waals surface area contributed by atoms with Crippen LogP contribution in [0.2, 0.25) is 0 Å². The van der Waals surface area contributed by atoms with Crippen LogP contribution in [0.3, 0.4) is 0 Å². The van der Waals surface area contributed by atoms with Crippen molar-refractivity contribution < 1.29 is 9.13 Å². The van der Waals surface area contributed by atoms with Gasteiger partial charge in [0.1, 0.15) is 0 Å². The topological polar surface area (TPSA) is 94.6 Å². The molecule has 8 heteroatoms. The van der Waals surface area contributed by atoms with Crippen LogP contribution >= 0.6 is 0 Å². The number of nitrogen functional groups attached to an aromatic ring is 1. The summed E-state index contributed by atoms with van der Waals surface area (Å²) in [5.41, 5.74) is 10.3. The second kappa shape index (κ2) is 6.97. The van der Waals surface area contributed by atoms with Crippen molar-refractivity contribution in [3.8, 4) is 22.6 Å². The first-order valence-corrected chi connectivity index (χ1v) is 9.69. The molecule has 0 radical (unpaired) electrons. The molecule has 7 nitrogen and oxygen atoms in total. The van der Waals surface area contributed by atoms with E-state index in [0.29, 0.717) is 28.9 Å². The van der Waals surface area contributed by atoms with E-state index >= 15 is 0 Å². The number of imidazole rings is 1. The van der Waals surface area contributed by atoms with E-state index in [9.17, 15) is 4.39 Å². The summed E-state index contributed by atoms with van der Waals surface area (Å²) < 4.78 is 22.1. The number of pyridine rings is 1. The minimum Gasteiger partial charge on any atom is -0.369 e. The molecule has 0 aliphatic carbocycles. The molecule has 3 aromatic heterocycles. The number of aromatic nitrogens is 5. The molecule has 148 valence electrons. The SMILES string of the molecule is Cc1cccc(-c2[nH]c(N)nc2-c2ccc3c(c2)c(F)nn3C2CCCCO2)n1.